The fourth-order valence-electron chi connectivity index (χ4n) is 3.92. The highest BCUT2D eigenvalue weighted by atomic mass is 16.5. The van der Waals surface area contributed by atoms with Crippen LogP contribution in [-0.2, 0) is 4.74 Å². The summed E-state index contributed by atoms with van der Waals surface area (Å²) in [5.74, 6) is 0.130. The first-order valence-electron chi connectivity index (χ1n) is 9.52. The summed E-state index contributed by atoms with van der Waals surface area (Å²) in [5, 5.41) is 4.22. The zero-order valence-electron chi connectivity index (χ0n) is 15.1. The van der Waals surface area contributed by atoms with E-state index in [9.17, 15) is 4.79 Å². The molecule has 0 saturated carbocycles. The molecule has 0 spiro atoms. The van der Waals surface area contributed by atoms with Crippen molar-refractivity contribution in [1.82, 2.24) is 19.6 Å². The van der Waals surface area contributed by atoms with Gasteiger partial charge in [-0.2, -0.15) is 5.10 Å². The molecule has 0 unspecified atom stereocenters. The Morgan fingerprint density at radius 2 is 1.85 bits per heavy atom. The molecule has 1 aromatic carbocycles. The summed E-state index contributed by atoms with van der Waals surface area (Å²) >= 11 is 0. The zero-order chi connectivity index (χ0) is 17.8. The van der Waals surface area contributed by atoms with Gasteiger partial charge in [-0.3, -0.25) is 9.69 Å². The van der Waals surface area contributed by atoms with Crippen LogP contribution in [0.1, 0.15) is 29.6 Å². The quantitative estimate of drug-likeness (QED) is 0.848. The number of carbonyl (C=O) groups is 1. The van der Waals surface area contributed by atoms with E-state index in [0.717, 1.165) is 69.9 Å². The van der Waals surface area contributed by atoms with E-state index in [1.807, 2.05) is 41.4 Å². The molecular weight excluding hydrogens is 328 g/mol. The maximum Gasteiger partial charge on any atom is 0.253 e. The number of hydrogen-bond donors (Lipinski definition) is 0. The Morgan fingerprint density at radius 3 is 2.58 bits per heavy atom. The minimum absolute atomic E-state index is 0.130. The van der Waals surface area contributed by atoms with Crippen LogP contribution in [0, 0.1) is 0 Å². The average molecular weight is 354 g/mol. The number of carbonyl (C=O) groups excluding carboxylic acids is 1. The zero-order valence-corrected chi connectivity index (χ0v) is 15.1. The van der Waals surface area contributed by atoms with Crippen LogP contribution < -0.4 is 0 Å². The first kappa shape index (κ1) is 17.2. The number of rotatable bonds is 3. The first-order chi connectivity index (χ1) is 12.8. The summed E-state index contributed by atoms with van der Waals surface area (Å²) in [6, 6.07) is 10.2. The first-order valence-corrected chi connectivity index (χ1v) is 9.52. The van der Waals surface area contributed by atoms with Crippen LogP contribution in [0.15, 0.2) is 42.7 Å². The van der Waals surface area contributed by atoms with Crippen LogP contribution in [0.2, 0.25) is 0 Å². The number of amides is 1. The molecule has 2 aliphatic rings. The summed E-state index contributed by atoms with van der Waals surface area (Å²) < 4.78 is 7.28. The van der Waals surface area contributed by atoms with E-state index in [1.54, 1.807) is 10.9 Å². The number of benzene rings is 1. The van der Waals surface area contributed by atoms with E-state index >= 15 is 0 Å². The van der Waals surface area contributed by atoms with E-state index in [4.69, 9.17) is 4.74 Å². The standard InChI is InChI=1S/C20H26N4O2/c25-20(17-3-5-19(6-4-17)24-12-1-9-21-24)23-11-2-10-22(13-14-23)18-7-15-26-16-8-18/h1,3-6,9,12,18H,2,7-8,10-11,13-16H2. The normalized spacial score (nSPS) is 20.1. The molecule has 4 rings (SSSR count). The van der Waals surface area contributed by atoms with Crippen molar-refractivity contribution in [2.45, 2.75) is 25.3 Å². The largest absolute Gasteiger partial charge is 0.381 e. The molecule has 0 bridgehead atoms. The molecule has 2 aliphatic heterocycles. The molecule has 0 atom stereocenters. The van der Waals surface area contributed by atoms with Crippen LogP contribution in [-0.4, -0.2) is 70.9 Å². The lowest BCUT2D eigenvalue weighted by atomic mass is 10.1. The molecule has 138 valence electrons. The fourth-order valence-corrected chi connectivity index (χ4v) is 3.92. The van der Waals surface area contributed by atoms with Crippen LogP contribution in [0.25, 0.3) is 5.69 Å². The fraction of sp³-hybridized carbons (Fsp3) is 0.500. The lowest BCUT2D eigenvalue weighted by Crippen LogP contribution is -2.42. The summed E-state index contributed by atoms with van der Waals surface area (Å²) in [4.78, 5) is 17.5. The van der Waals surface area contributed by atoms with E-state index in [-0.39, 0.29) is 5.91 Å². The van der Waals surface area contributed by atoms with Crippen molar-refractivity contribution in [1.29, 1.82) is 0 Å². The van der Waals surface area contributed by atoms with Gasteiger partial charge in [0, 0.05) is 63.4 Å². The molecule has 1 amide bonds. The number of nitrogens with zero attached hydrogens (tertiary/aromatic N) is 4. The second kappa shape index (κ2) is 8.01. The highest BCUT2D eigenvalue weighted by Crippen LogP contribution is 2.18. The second-order valence-electron chi connectivity index (χ2n) is 7.02. The van der Waals surface area contributed by atoms with Gasteiger partial charge in [-0.05, 0) is 49.6 Å². The highest BCUT2D eigenvalue weighted by Gasteiger charge is 2.25. The molecule has 0 aliphatic carbocycles. The van der Waals surface area contributed by atoms with E-state index in [2.05, 4.69) is 10.00 Å². The predicted octanol–water partition coefficient (Wildman–Crippen LogP) is 2.20. The highest BCUT2D eigenvalue weighted by molar-refractivity contribution is 5.94. The molecule has 6 heteroatoms. The van der Waals surface area contributed by atoms with Gasteiger partial charge in [0.15, 0.2) is 0 Å². The molecule has 3 heterocycles. The summed E-state index contributed by atoms with van der Waals surface area (Å²) in [5.41, 5.74) is 1.72. The minimum Gasteiger partial charge on any atom is -0.381 e. The van der Waals surface area contributed by atoms with Gasteiger partial charge in [0.2, 0.25) is 0 Å². The van der Waals surface area contributed by atoms with Crippen molar-refractivity contribution < 1.29 is 9.53 Å². The molecule has 6 nitrogen and oxygen atoms in total. The van der Waals surface area contributed by atoms with Gasteiger partial charge in [-0.15, -0.1) is 0 Å². The molecular formula is C20H26N4O2. The number of hydrogen-bond acceptors (Lipinski definition) is 4. The van der Waals surface area contributed by atoms with Crippen molar-refractivity contribution in [2.75, 3.05) is 39.4 Å². The Balaban J connectivity index is 1.38. The molecule has 2 aromatic rings. The van der Waals surface area contributed by atoms with Crippen LogP contribution in [0.4, 0.5) is 0 Å². The molecule has 2 fully saturated rings. The maximum absolute atomic E-state index is 12.9. The summed E-state index contributed by atoms with van der Waals surface area (Å²) in [7, 11) is 0. The van der Waals surface area contributed by atoms with Gasteiger partial charge in [0.1, 0.15) is 0 Å². The maximum atomic E-state index is 12.9. The predicted molar refractivity (Wildman–Crippen MR) is 99.5 cm³/mol. The third-order valence-corrected chi connectivity index (χ3v) is 5.41. The Morgan fingerprint density at radius 1 is 1.04 bits per heavy atom. The van der Waals surface area contributed by atoms with Crippen LogP contribution in [0.5, 0.6) is 0 Å². The van der Waals surface area contributed by atoms with Crippen molar-refractivity contribution in [3.05, 3.63) is 48.3 Å². The Labute approximate surface area is 154 Å². The topological polar surface area (TPSA) is 50.6 Å². The number of ether oxygens (including phenoxy) is 1. The molecule has 1 aromatic heterocycles. The van der Waals surface area contributed by atoms with Gasteiger partial charge in [0.05, 0.1) is 5.69 Å². The number of aromatic nitrogens is 2. The van der Waals surface area contributed by atoms with E-state index in [0.29, 0.717) is 6.04 Å². The van der Waals surface area contributed by atoms with Gasteiger partial charge < -0.3 is 9.64 Å². The van der Waals surface area contributed by atoms with Gasteiger partial charge in [-0.25, -0.2) is 4.68 Å². The SMILES string of the molecule is O=C(c1ccc(-n2cccn2)cc1)N1CCCN(C2CCOCC2)CC1. The minimum atomic E-state index is 0.130. The van der Waals surface area contributed by atoms with Crippen LogP contribution in [0.3, 0.4) is 0 Å². The Bertz CT molecular complexity index is 708. The summed E-state index contributed by atoms with van der Waals surface area (Å²) in [6.07, 6.45) is 6.91. The lowest BCUT2D eigenvalue weighted by molar-refractivity contribution is 0.0351. The van der Waals surface area contributed by atoms with Crippen molar-refractivity contribution >= 4 is 5.91 Å². The Kier molecular flexibility index (Phi) is 5.32. The van der Waals surface area contributed by atoms with Gasteiger partial charge in [0.25, 0.3) is 5.91 Å². The second-order valence-corrected chi connectivity index (χ2v) is 7.02. The average Bonchev–Trinajstić information content (AvgIpc) is 3.13. The van der Waals surface area contributed by atoms with Crippen molar-refractivity contribution in [3.63, 3.8) is 0 Å². The van der Waals surface area contributed by atoms with Gasteiger partial charge >= 0.3 is 0 Å². The molecule has 0 radical (unpaired) electrons. The van der Waals surface area contributed by atoms with Crippen molar-refractivity contribution in [2.24, 2.45) is 0 Å². The monoisotopic (exact) mass is 354 g/mol. The molecule has 26 heavy (non-hydrogen) atoms. The Hall–Kier alpha value is -2.18. The van der Waals surface area contributed by atoms with Crippen LogP contribution >= 0.6 is 0 Å². The summed E-state index contributed by atoms with van der Waals surface area (Å²) in [6.45, 7) is 5.41. The van der Waals surface area contributed by atoms with Gasteiger partial charge in [-0.1, -0.05) is 0 Å². The third kappa shape index (κ3) is 3.81. The van der Waals surface area contributed by atoms with E-state index < -0.39 is 0 Å². The third-order valence-electron chi connectivity index (χ3n) is 5.41. The smallest absolute Gasteiger partial charge is 0.253 e. The van der Waals surface area contributed by atoms with Crippen molar-refractivity contribution in [3.8, 4) is 5.69 Å². The molecule has 2 saturated heterocycles. The lowest BCUT2D eigenvalue weighted by Gasteiger charge is -2.33. The van der Waals surface area contributed by atoms with E-state index in [1.165, 1.54) is 0 Å². The molecule has 0 N–H and O–H groups in total.